The third-order valence-electron chi connectivity index (χ3n) is 3.18. The summed E-state index contributed by atoms with van der Waals surface area (Å²) in [5.74, 6) is 0.606. The first-order valence-corrected chi connectivity index (χ1v) is 7.69. The number of halogens is 2. The van der Waals surface area contributed by atoms with Crippen molar-refractivity contribution in [3.63, 3.8) is 0 Å². The number of carbonyl (C=O) groups is 1. The number of hydrogen-bond donors (Lipinski definition) is 1. The number of rotatable bonds is 2. The topological polar surface area (TPSA) is 52.3 Å². The van der Waals surface area contributed by atoms with Crippen LogP contribution in [0.4, 0.5) is 5.69 Å². The number of hydrogen-bond acceptors (Lipinski definition) is 3. The van der Waals surface area contributed by atoms with Crippen molar-refractivity contribution in [1.29, 1.82) is 0 Å². The van der Waals surface area contributed by atoms with Gasteiger partial charge in [-0.15, -0.1) is 0 Å². The first-order chi connectivity index (χ1) is 9.54. The molecule has 3 rings (SSSR count). The Kier molecular flexibility index (Phi) is 3.56. The maximum absolute atomic E-state index is 12.7. The van der Waals surface area contributed by atoms with Crippen LogP contribution >= 0.6 is 31.9 Å². The van der Waals surface area contributed by atoms with E-state index < -0.39 is 0 Å². The molecule has 0 atom stereocenters. The minimum atomic E-state index is -0.0857. The van der Waals surface area contributed by atoms with Crippen molar-refractivity contribution in [3.05, 3.63) is 56.0 Å². The van der Waals surface area contributed by atoms with E-state index in [4.69, 9.17) is 10.5 Å². The third-order valence-corrected chi connectivity index (χ3v) is 4.09. The molecule has 2 N–H and O–H groups in total. The molecule has 20 heavy (non-hydrogen) atoms. The molecule has 102 valence electrons. The Morgan fingerprint density at radius 1 is 1.10 bits per heavy atom. The first-order valence-electron chi connectivity index (χ1n) is 6.10. The zero-order valence-corrected chi connectivity index (χ0v) is 13.6. The lowest BCUT2D eigenvalue weighted by Crippen LogP contribution is -2.05. The number of anilines is 1. The molecule has 0 amide bonds. The van der Waals surface area contributed by atoms with Gasteiger partial charge in [-0.05, 0) is 35.9 Å². The standard InChI is InChI=1S/C15H11Br2NO2/c16-10-4-9(5-12(18)6-10)14(19)13-7-11(17)3-8-1-2-20-15(8)13/h3-7H,1-2,18H2. The molecule has 2 aromatic carbocycles. The van der Waals surface area contributed by atoms with Gasteiger partial charge in [-0.1, -0.05) is 31.9 Å². The summed E-state index contributed by atoms with van der Waals surface area (Å²) >= 11 is 6.80. The van der Waals surface area contributed by atoms with Crippen molar-refractivity contribution < 1.29 is 9.53 Å². The maximum Gasteiger partial charge on any atom is 0.196 e. The Balaban J connectivity index is 2.11. The summed E-state index contributed by atoms with van der Waals surface area (Å²) in [6, 6.07) is 8.99. The molecule has 0 radical (unpaired) electrons. The summed E-state index contributed by atoms with van der Waals surface area (Å²) in [5, 5.41) is 0. The van der Waals surface area contributed by atoms with Crippen molar-refractivity contribution in [1.82, 2.24) is 0 Å². The second kappa shape index (κ2) is 5.22. The Bertz CT molecular complexity index is 693. The molecule has 0 unspecified atom stereocenters. The zero-order chi connectivity index (χ0) is 14.3. The molecular formula is C15H11Br2NO2. The van der Waals surface area contributed by atoms with E-state index in [1.807, 2.05) is 6.07 Å². The molecule has 0 fully saturated rings. The van der Waals surface area contributed by atoms with E-state index in [-0.39, 0.29) is 5.78 Å². The molecule has 0 spiro atoms. The van der Waals surface area contributed by atoms with Gasteiger partial charge in [0, 0.05) is 26.6 Å². The summed E-state index contributed by atoms with van der Waals surface area (Å²) in [5.41, 5.74) is 8.53. The molecule has 0 saturated carbocycles. The smallest absolute Gasteiger partial charge is 0.196 e. The fraction of sp³-hybridized carbons (Fsp3) is 0.133. The van der Waals surface area contributed by atoms with Crippen molar-refractivity contribution >= 4 is 43.3 Å². The van der Waals surface area contributed by atoms with E-state index in [9.17, 15) is 4.79 Å². The Hall–Kier alpha value is -1.33. The number of fused-ring (bicyclic) bond motifs is 1. The first kappa shape index (κ1) is 13.6. The van der Waals surface area contributed by atoms with Crippen LogP contribution in [0.25, 0.3) is 0 Å². The molecule has 1 aliphatic rings. The highest BCUT2D eigenvalue weighted by molar-refractivity contribution is 9.10. The average molecular weight is 397 g/mol. The Morgan fingerprint density at radius 3 is 2.60 bits per heavy atom. The van der Waals surface area contributed by atoms with Crippen molar-refractivity contribution in [3.8, 4) is 5.75 Å². The van der Waals surface area contributed by atoms with Crippen LogP contribution in [-0.2, 0) is 6.42 Å². The highest BCUT2D eigenvalue weighted by Gasteiger charge is 2.23. The van der Waals surface area contributed by atoms with E-state index in [0.29, 0.717) is 29.2 Å². The summed E-state index contributed by atoms with van der Waals surface area (Å²) in [6.45, 7) is 0.618. The maximum atomic E-state index is 12.7. The van der Waals surface area contributed by atoms with Gasteiger partial charge in [0.15, 0.2) is 5.78 Å². The lowest BCUT2D eigenvalue weighted by molar-refractivity contribution is 0.103. The Labute approximate surface area is 133 Å². The molecular weight excluding hydrogens is 386 g/mol. The summed E-state index contributed by atoms with van der Waals surface area (Å²) in [7, 11) is 0. The van der Waals surface area contributed by atoms with Crippen LogP contribution in [-0.4, -0.2) is 12.4 Å². The van der Waals surface area contributed by atoms with Crippen LogP contribution in [0.3, 0.4) is 0 Å². The van der Waals surface area contributed by atoms with Gasteiger partial charge >= 0.3 is 0 Å². The van der Waals surface area contributed by atoms with Crippen molar-refractivity contribution in [2.75, 3.05) is 12.3 Å². The number of nitrogen functional groups attached to an aromatic ring is 1. The Morgan fingerprint density at radius 2 is 1.85 bits per heavy atom. The molecule has 3 nitrogen and oxygen atoms in total. The molecule has 0 aromatic heterocycles. The second-order valence-corrected chi connectivity index (χ2v) is 6.47. The number of carbonyl (C=O) groups excluding carboxylic acids is 1. The quantitative estimate of drug-likeness (QED) is 0.617. The third kappa shape index (κ3) is 2.47. The van der Waals surface area contributed by atoms with Crippen LogP contribution in [0, 0.1) is 0 Å². The monoisotopic (exact) mass is 395 g/mol. The molecule has 1 aliphatic heterocycles. The molecule has 1 heterocycles. The van der Waals surface area contributed by atoms with Crippen molar-refractivity contribution in [2.24, 2.45) is 0 Å². The van der Waals surface area contributed by atoms with Gasteiger partial charge in [0.25, 0.3) is 0 Å². The van der Waals surface area contributed by atoms with Gasteiger partial charge in [-0.2, -0.15) is 0 Å². The zero-order valence-electron chi connectivity index (χ0n) is 10.5. The van der Waals surface area contributed by atoms with E-state index >= 15 is 0 Å². The van der Waals surface area contributed by atoms with Gasteiger partial charge < -0.3 is 10.5 Å². The summed E-state index contributed by atoms with van der Waals surface area (Å²) < 4.78 is 7.27. The predicted molar refractivity (Wildman–Crippen MR) is 85.3 cm³/mol. The van der Waals surface area contributed by atoms with Crippen LogP contribution in [0.1, 0.15) is 21.5 Å². The minimum absolute atomic E-state index is 0.0857. The summed E-state index contributed by atoms with van der Waals surface area (Å²) in [6.07, 6.45) is 0.829. The predicted octanol–water partition coefficient (Wildman–Crippen LogP) is 3.96. The van der Waals surface area contributed by atoms with E-state index in [1.54, 1.807) is 24.3 Å². The number of ketones is 1. The van der Waals surface area contributed by atoms with Crippen LogP contribution in [0.5, 0.6) is 5.75 Å². The van der Waals surface area contributed by atoms with Crippen molar-refractivity contribution in [2.45, 2.75) is 6.42 Å². The molecule has 2 aromatic rings. The van der Waals surface area contributed by atoms with Gasteiger partial charge in [0.2, 0.25) is 0 Å². The van der Waals surface area contributed by atoms with Crippen LogP contribution in [0.2, 0.25) is 0 Å². The molecule has 5 heteroatoms. The summed E-state index contributed by atoms with van der Waals surface area (Å²) in [4.78, 5) is 12.7. The SMILES string of the molecule is Nc1cc(Br)cc(C(=O)c2cc(Br)cc3c2OCC3)c1. The van der Waals surface area contributed by atoms with Gasteiger partial charge in [-0.3, -0.25) is 4.79 Å². The second-order valence-electron chi connectivity index (χ2n) is 4.64. The minimum Gasteiger partial charge on any atom is -0.492 e. The fourth-order valence-electron chi connectivity index (χ4n) is 2.34. The van der Waals surface area contributed by atoms with E-state index in [2.05, 4.69) is 31.9 Å². The number of benzene rings is 2. The normalized spacial score (nSPS) is 12.9. The van der Waals surface area contributed by atoms with E-state index in [0.717, 1.165) is 20.9 Å². The van der Waals surface area contributed by atoms with Crippen LogP contribution < -0.4 is 10.5 Å². The van der Waals surface area contributed by atoms with E-state index in [1.165, 1.54) is 0 Å². The van der Waals surface area contributed by atoms with Crippen LogP contribution in [0.15, 0.2) is 39.3 Å². The molecule has 0 aliphatic carbocycles. The molecule has 0 saturated heterocycles. The lowest BCUT2D eigenvalue weighted by atomic mass is 9.99. The number of ether oxygens (including phenoxy) is 1. The molecule has 0 bridgehead atoms. The largest absolute Gasteiger partial charge is 0.492 e. The van der Waals surface area contributed by atoms with Gasteiger partial charge in [0.05, 0.1) is 12.2 Å². The highest BCUT2D eigenvalue weighted by atomic mass is 79.9. The number of nitrogens with two attached hydrogens (primary N) is 1. The fourth-order valence-corrected chi connectivity index (χ4v) is 3.35. The average Bonchev–Trinajstić information content (AvgIpc) is 2.83. The highest BCUT2D eigenvalue weighted by Crippen LogP contribution is 2.34. The van der Waals surface area contributed by atoms with Gasteiger partial charge in [0.1, 0.15) is 5.75 Å². The lowest BCUT2D eigenvalue weighted by Gasteiger charge is -2.09. The van der Waals surface area contributed by atoms with Gasteiger partial charge in [-0.25, -0.2) is 0 Å².